The van der Waals surface area contributed by atoms with Crippen molar-refractivity contribution in [3.05, 3.63) is 42.7 Å². The molecule has 5 nitrogen and oxygen atoms in total. The third kappa shape index (κ3) is 1.80. The molecule has 0 bridgehead atoms. The zero-order chi connectivity index (χ0) is 10.7. The predicted octanol–water partition coefficient (Wildman–Crippen LogP) is 1.24. The highest BCUT2D eigenvalue weighted by molar-refractivity contribution is 5.95. The van der Waals surface area contributed by atoms with E-state index in [1.54, 1.807) is 12.4 Å². The van der Waals surface area contributed by atoms with Crippen molar-refractivity contribution in [2.45, 2.75) is 0 Å². The van der Waals surface area contributed by atoms with E-state index in [4.69, 9.17) is 5.11 Å². The number of pyridine rings is 1. The molecule has 2 aromatic heterocycles. The summed E-state index contributed by atoms with van der Waals surface area (Å²) in [6.07, 6.45) is 7.42. The van der Waals surface area contributed by atoms with Crippen LogP contribution in [0.3, 0.4) is 0 Å². The number of aromatic nitrogens is 3. The van der Waals surface area contributed by atoms with Crippen LogP contribution in [0.15, 0.2) is 37.2 Å². The number of rotatable bonds is 2. The molecule has 5 heteroatoms. The van der Waals surface area contributed by atoms with Gasteiger partial charge in [0.1, 0.15) is 6.33 Å². The molecule has 0 fully saturated rings. The summed E-state index contributed by atoms with van der Waals surface area (Å²) in [7, 11) is 0. The van der Waals surface area contributed by atoms with Crippen molar-refractivity contribution in [2.24, 2.45) is 0 Å². The van der Waals surface area contributed by atoms with E-state index in [0.717, 1.165) is 0 Å². The molecule has 0 amide bonds. The number of nitrogens with zero attached hydrogens (tertiary/aromatic N) is 3. The molecule has 0 aromatic carbocycles. The Hall–Kier alpha value is -2.30. The van der Waals surface area contributed by atoms with Gasteiger partial charge in [-0.2, -0.15) is 0 Å². The highest BCUT2D eigenvalue weighted by Crippen LogP contribution is 2.20. The lowest BCUT2D eigenvalue weighted by Crippen LogP contribution is -2.00. The molecule has 0 spiro atoms. The average molecular weight is 201 g/mol. The van der Waals surface area contributed by atoms with Crippen molar-refractivity contribution in [1.82, 2.24) is 15.0 Å². The summed E-state index contributed by atoms with van der Waals surface area (Å²) in [6, 6.07) is 1.45. The molecule has 15 heavy (non-hydrogen) atoms. The van der Waals surface area contributed by atoms with Crippen molar-refractivity contribution in [3.63, 3.8) is 0 Å². The van der Waals surface area contributed by atoms with Gasteiger partial charge >= 0.3 is 5.97 Å². The molecule has 0 radical (unpaired) electrons. The van der Waals surface area contributed by atoms with Crippen LogP contribution >= 0.6 is 0 Å². The normalized spacial score (nSPS) is 9.87. The lowest BCUT2D eigenvalue weighted by Gasteiger charge is -2.03. The standard InChI is InChI=1S/C10H7N3O2/c14-10(15)8-1-2-11-5-9(8)7-3-12-6-13-4-7/h1-6H,(H,14,15). The van der Waals surface area contributed by atoms with Crippen LogP contribution in [0, 0.1) is 0 Å². The minimum Gasteiger partial charge on any atom is -0.478 e. The van der Waals surface area contributed by atoms with Crippen LogP contribution in [0.5, 0.6) is 0 Å². The van der Waals surface area contributed by atoms with Gasteiger partial charge in [0.25, 0.3) is 0 Å². The van der Waals surface area contributed by atoms with Crippen molar-refractivity contribution in [1.29, 1.82) is 0 Å². The van der Waals surface area contributed by atoms with Gasteiger partial charge in [0.05, 0.1) is 5.56 Å². The highest BCUT2D eigenvalue weighted by atomic mass is 16.4. The SMILES string of the molecule is O=C(O)c1ccncc1-c1cncnc1. The minimum atomic E-state index is -0.990. The van der Waals surface area contributed by atoms with Gasteiger partial charge in [0.2, 0.25) is 0 Å². The molecule has 0 aliphatic rings. The van der Waals surface area contributed by atoms with Gasteiger partial charge < -0.3 is 5.11 Å². The summed E-state index contributed by atoms with van der Waals surface area (Å²) < 4.78 is 0. The molecular weight excluding hydrogens is 194 g/mol. The third-order valence-corrected chi connectivity index (χ3v) is 1.92. The number of aromatic carboxylic acids is 1. The third-order valence-electron chi connectivity index (χ3n) is 1.92. The van der Waals surface area contributed by atoms with E-state index in [1.165, 1.54) is 24.8 Å². The minimum absolute atomic E-state index is 0.194. The van der Waals surface area contributed by atoms with Crippen molar-refractivity contribution < 1.29 is 9.90 Å². The van der Waals surface area contributed by atoms with Crippen LogP contribution in [-0.2, 0) is 0 Å². The van der Waals surface area contributed by atoms with E-state index in [1.807, 2.05) is 0 Å². The largest absolute Gasteiger partial charge is 0.478 e. The molecule has 1 N–H and O–H groups in total. The van der Waals surface area contributed by atoms with Gasteiger partial charge in [-0.05, 0) is 6.07 Å². The van der Waals surface area contributed by atoms with Gasteiger partial charge in [-0.1, -0.05) is 0 Å². The Kier molecular flexibility index (Phi) is 2.37. The first kappa shape index (κ1) is 9.26. The lowest BCUT2D eigenvalue weighted by molar-refractivity contribution is 0.0697. The zero-order valence-electron chi connectivity index (χ0n) is 7.66. The van der Waals surface area contributed by atoms with E-state index < -0.39 is 5.97 Å². The summed E-state index contributed by atoms with van der Waals surface area (Å²) in [5.74, 6) is -0.990. The predicted molar refractivity (Wildman–Crippen MR) is 52.2 cm³/mol. The lowest BCUT2D eigenvalue weighted by atomic mass is 10.1. The van der Waals surface area contributed by atoms with Crippen molar-refractivity contribution in [3.8, 4) is 11.1 Å². The first-order valence-electron chi connectivity index (χ1n) is 4.21. The molecule has 2 aromatic rings. The Labute approximate surface area is 85.5 Å². The second-order valence-corrected chi connectivity index (χ2v) is 2.85. The maximum atomic E-state index is 10.9. The molecule has 0 unspecified atom stereocenters. The highest BCUT2D eigenvalue weighted by Gasteiger charge is 2.11. The number of carboxylic acids is 1. The van der Waals surface area contributed by atoms with E-state index >= 15 is 0 Å². The second kappa shape index (κ2) is 3.83. The molecule has 0 aliphatic carbocycles. The van der Waals surface area contributed by atoms with Gasteiger partial charge in [0.15, 0.2) is 0 Å². The van der Waals surface area contributed by atoms with E-state index in [0.29, 0.717) is 11.1 Å². The number of carboxylic acid groups (broad SMARTS) is 1. The monoisotopic (exact) mass is 201 g/mol. The van der Waals surface area contributed by atoms with Crippen LogP contribution < -0.4 is 0 Å². The Bertz CT molecular complexity index is 485. The summed E-state index contributed by atoms with van der Waals surface area (Å²) >= 11 is 0. The molecule has 2 heterocycles. The topological polar surface area (TPSA) is 76.0 Å². The molecule has 0 atom stereocenters. The molecule has 0 aliphatic heterocycles. The molecular formula is C10H7N3O2. The van der Waals surface area contributed by atoms with Gasteiger partial charge in [-0.15, -0.1) is 0 Å². The van der Waals surface area contributed by atoms with Gasteiger partial charge in [-0.25, -0.2) is 14.8 Å². The Morgan fingerprint density at radius 1 is 1.13 bits per heavy atom. The van der Waals surface area contributed by atoms with Gasteiger partial charge in [0, 0.05) is 35.9 Å². The summed E-state index contributed by atoms with van der Waals surface area (Å²) in [5, 5.41) is 8.96. The molecule has 0 saturated heterocycles. The maximum absolute atomic E-state index is 10.9. The Morgan fingerprint density at radius 3 is 2.53 bits per heavy atom. The fraction of sp³-hybridized carbons (Fsp3) is 0. The first-order valence-corrected chi connectivity index (χ1v) is 4.21. The zero-order valence-corrected chi connectivity index (χ0v) is 7.66. The molecule has 2 rings (SSSR count). The quantitative estimate of drug-likeness (QED) is 0.790. The fourth-order valence-corrected chi connectivity index (χ4v) is 1.25. The van der Waals surface area contributed by atoms with Crippen LogP contribution in [0.2, 0.25) is 0 Å². The van der Waals surface area contributed by atoms with Crippen molar-refractivity contribution in [2.75, 3.05) is 0 Å². The van der Waals surface area contributed by atoms with E-state index in [2.05, 4.69) is 15.0 Å². The van der Waals surface area contributed by atoms with Crippen LogP contribution in [-0.4, -0.2) is 26.0 Å². The second-order valence-electron chi connectivity index (χ2n) is 2.85. The van der Waals surface area contributed by atoms with E-state index in [-0.39, 0.29) is 5.56 Å². The van der Waals surface area contributed by atoms with Crippen molar-refractivity contribution >= 4 is 5.97 Å². The maximum Gasteiger partial charge on any atom is 0.336 e. The number of hydrogen-bond acceptors (Lipinski definition) is 4. The fourth-order valence-electron chi connectivity index (χ4n) is 1.25. The van der Waals surface area contributed by atoms with E-state index in [9.17, 15) is 4.79 Å². The number of hydrogen-bond donors (Lipinski definition) is 1. The Morgan fingerprint density at radius 2 is 1.87 bits per heavy atom. The van der Waals surface area contributed by atoms with Gasteiger partial charge in [-0.3, -0.25) is 4.98 Å². The number of carbonyl (C=O) groups is 1. The molecule has 74 valence electrons. The summed E-state index contributed by atoms with van der Waals surface area (Å²) in [4.78, 5) is 22.5. The average Bonchev–Trinajstić information content (AvgIpc) is 2.30. The smallest absolute Gasteiger partial charge is 0.336 e. The van der Waals surface area contributed by atoms with Crippen LogP contribution in [0.1, 0.15) is 10.4 Å². The van der Waals surface area contributed by atoms with Crippen LogP contribution in [0.4, 0.5) is 0 Å². The van der Waals surface area contributed by atoms with Crippen LogP contribution in [0.25, 0.3) is 11.1 Å². The summed E-state index contributed by atoms with van der Waals surface area (Å²) in [5.41, 5.74) is 1.36. The Balaban J connectivity index is 2.58. The summed E-state index contributed by atoms with van der Waals surface area (Å²) in [6.45, 7) is 0. The first-order chi connectivity index (χ1) is 7.29. The molecule has 0 saturated carbocycles.